The van der Waals surface area contributed by atoms with Gasteiger partial charge >= 0.3 is 5.97 Å². The van der Waals surface area contributed by atoms with E-state index in [2.05, 4.69) is 86.8 Å². The first-order valence-electron chi connectivity index (χ1n) is 15.1. The van der Waals surface area contributed by atoms with Crippen molar-refractivity contribution in [2.24, 2.45) is 0 Å². The summed E-state index contributed by atoms with van der Waals surface area (Å²) in [6.07, 6.45) is 17.9. The fourth-order valence-electron chi connectivity index (χ4n) is 3.81. The Morgan fingerprint density at radius 2 is 1.24 bits per heavy atom. The first-order chi connectivity index (χ1) is 17.0. The number of ether oxygens (including phenoxy) is 1. The number of methoxy groups -OCH3 is 1. The highest BCUT2D eigenvalue weighted by Crippen LogP contribution is 2.41. The second-order valence-electron chi connectivity index (χ2n) is 13.9. The topological polar surface area (TPSA) is 44.8 Å². The van der Waals surface area contributed by atoms with Gasteiger partial charge in [-0.1, -0.05) is 99.1 Å². The third-order valence-corrected chi connectivity index (χ3v) is 17.5. The molecule has 0 bridgehead atoms. The molecule has 0 aliphatic carbocycles. The number of hydrogen-bond donors (Lipinski definition) is 0. The zero-order chi connectivity index (χ0) is 28.8. The van der Waals surface area contributed by atoms with Gasteiger partial charge in [-0.25, -0.2) is 0 Å². The fourth-order valence-corrected chi connectivity index (χ4v) is 6.55. The minimum atomic E-state index is -1.94. The number of unbranched alkanes of at least 4 members (excludes halogenated alkanes) is 7. The van der Waals surface area contributed by atoms with Gasteiger partial charge in [0.25, 0.3) is 0 Å². The molecule has 220 valence electrons. The van der Waals surface area contributed by atoms with Gasteiger partial charge in [-0.2, -0.15) is 0 Å². The van der Waals surface area contributed by atoms with Gasteiger partial charge in [-0.05, 0) is 68.4 Å². The zero-order valence-corrected chi connectivity index (χ0v) is 28.9. The summed E-state index contributed by atoms with van der Waals surface area (Å²) < 4.78 is 18.9. The molecule has 0 amide bonds. The van der Waals surface area contributed by atoms with E-state index in [-0.39, 0.29) is 28.3 Å². The number of hydrogen-bond acceptors (Lipinski definition) is 4. The lowest BCUT2D eigenvalue weighted by Gasteiger charge is -2.45. The molecule has 0 spiro atoms. The predicted octanol–water partition coefficient (Wildman–Crippen LogP) is 10.2. The van der Waals surface area contributed by atoms with Crippen molar-refractivity contribution in [3.8, 4) is 0 Å². The molecule has 37 heavy (non-hydrogen) atoms. The molecule has 0 heterocycles. The molecular formula is C31H64O4Si2. The average molecular weight is 557 g/mol. The molecule has 0 aromatic carbocycles. The van der Waals surface area contributed by atoms with E-state index < -0.39 is 16.6 Å². The van der Waals surface area contributed by atoms with Crippen molar-refractivity contribution in [1.82, 2.24) is 0 Å². The highest BCUT2D eigenvalue weighted by molar-refractivity contribution is 6.74. The minimum absolute atomic E-state index is 0.0945. The van der Waals surface area contributed by atoms with E-state index in [1.54, 1.807) is 0 Å². The molecule has 2 atom stereocenters. The zero-order valence-electron chi connectivity index (χ0n) is 26.9. The molecular weight excluding hydrogens is 493 g/mol. The summed E-state index contributed by atoms with van der Waals surface area (Å²) in [6, 6.07) is 0. The van der Waals surface area contributed by atoms with Crippen molar-refractivity contribution in [1.29, 1.82) is 0 Å². The Kier molecular flexibility index (Phi) is 17.1. The van der Waals surface area contributed by atoms with Gasteiger partial charge in [0.05, 0.1) is 19.3 Å². The van der Waals surface area contributed by atoms with Crippen LogP contribution in [0.3, 0.4) is 0 Å². The molecule has 0 saturated heterocycles. The molecule has 0 aromatic rings. The van der Waals surface area contributed by atoms with Crippen LogP contribution >= 0.6 is 0 Å². The van der Waals surface area contributed by atoms with Crippen molar-refractivity contribution in [3.63, 3.8) is 0 Å². The van der Waals surface area contributed by atoms with E-state index in [1.807, 2.05) is 0 Å². The summed E-state index contributed by atoms with van der Waals surface area (Å²) in [6.45, 7) is 25.8. The van der Waals surface area contributed by atoms with Crippen LogP contribution in [0.4, 0.5) is 0 Å². The van der Waals surface area contributed by atoms with Gasteiger partial charge in [0.15, 0.2) is 16.6 Å². The molecule has 0 rings (SSSR count). The van der Waals surface area contributed by atoms with Crippen molar-refractivity contribution >= 4 is 22.6 Å². The maximum absolute atomic E-state index is 11.2. The number of allylic oxidation sites excluding steroid dienone is 1. The molecule has 0 aliphatic heterocycles. The molecule has 0 aromatic heterocycles. The number of esters is 1. The summed E-state index contributed by atoms with van der Waals surface area (Å²) in [4.78, 5) is 11.2. The standard InChI is InChI=1S/C31H64O4Si2/c1-13-14-21-24-27(34-36(9,10)30(2,3)4)28(35-37(11,12)31(5,6)7)25-22-19-17-15-16-18-20-23-26-29(32)33-8/h19,22,27-28H,13-18,20-21,23-26H2,1-12H3/b22-19-. The number of carbonyl (C=O) groups is 1. The van der Waals surface area contributed by atoms with Crippen LogP contribution in [0, 0.1) is 0 Å². The molecule has 0 fully saturated rings. The molecule has 0 aliphatic rings. The molecule has 6 heteroatoms. The van der Waals surface area contributed by atoms with Gasteiger partial charge in [-0.3, -0.25) is 4.79 Å². The Hall–Kier alpha value is -0.436. The van der Waals surface area contributed by atoms with Crippen molar-refractivity contribution in [2.45, 2.75) is 174 Å². The quantitative estimate of drug-likeness (QED) is 0.0687. The summed E-state index contributed by atoms with van der Waals surface area (Å²) >= 11 is 0. The smallest absolute Gasteiger partial charge is 0.305 e. The molecule has 2 unspecified atom stereocenters. The molecule has 0 N–H and O–H groups in total. The van der Waals surface area contributed by atoms with Crippen molar-refractivity contribution in [2.75, 3.05) is 7.11 Å². The second-order valence-corrected chi connectivity index (χ2v) is 23.4. The maximum atomic E-state index is 11.2. The van der Waals surface area contributed by atoms with E-state index >= 15 is 0 Å². The van der Waals surface area contributed by atoms with Gasteiger partial charge in [0.2, 0.25) is 0 Å². The summed E-state index contributed by atoms with van der Waals surface area (Å²) in [5, 5.41) is 0.359. The predicted molar refractivity (Wildman–Crippen MR) is 166 cm³/mol. The monoisotopic (exact) mass is 556 g/mol. The Labute approximate surface area is 234 Å². The van der Waals surface area contributed by atoms with Crippen molar-refractivity contribution in [3.05, 3.63) is 12.2 Å². The third kappa shape index (κ3) is 15.1. The van der Waals surface area contributed by atoms with Crippen LogP contribution in [-0.2, 0) is 18.4 Å². The van der Waals surface area contributed by atoms with Gasteiger partial charge in [0.1, 0.15) is 0 Å². The van der Waals surface area contributed by atoms with Crippen LogP contribution in [0.1, 0.15) is 126 Å². The SMILES string of the molecule is CCCCCC(O[Si](C)(C)C(C)(C)C)C(C/C=C\CCCCCCCC(=O)OC)O[Si](C)(C)C(C)(C)C. The highest BCUT2D eigenvalue weighted by Gasteiger charge is 2.44. The lowest BCUT2D eigenvalue weighted by molar-refractivity contribution is -0.140. The Bertz CT molecular complexity index is 645. The Balaban J connectivity index is 5.29. The normalized spacial score (nSPS) is 15.2. The Morgan fingerprint density at radius 1 is 0.730 bits per heavy atom. The van der Waals surface area contributed by atoms with Crippen LogP contribution in [-0.4, -0.2) is 41.9 Å². The summed E-state index contributed by atoms with van der Waals surface area (Å²) in [5.74, 6) is -0.0945. The number of carbonyl (C=O) groups excluding carboxylic acids is 1. The van der Waals surface area contributed by atoms with E-state index in [9.17, 15) is 4.79 Å². The van der Waals surface area contributed by atoms with Crippen LogP contribution < -0.4 is 0 Å². The second kappa shape index (κ2) is 17.3. The van der Waals surface area contributed by atoms with Crippen LogP contribution in [0.5, 0.6) is 0 Å². The van der Waals surface area contributed by atoms with Crippen LogP contribution in [0.2, 0.25) is 36.3 Å². The van der Waals surface area contributed by atoms with Gasteiger partial charge in [-0.15, -0.1) is 0 Å². The van der Waals surface area contributed by atoms with Crippen LogP contribution in [0.25, 0.3) is 0 Å². The minimum Gasteiger partial charge on any atom is -0.469 e. The lowest BCUT2D eigenvalue weighted by atomic mass is 10.0. The highest BCUT2D eigenvalue weighted by atomic mass is 28.4. The molecule has 4 nitrogen and oxygen atoms in total. The van der Waals surface area contributed by atoms with Gasteiger partial charge < -0.3 is 13.6 Å². The van der Waals surface area contributed by atoms with E-state index in [0.717, 1.165) is 32.1 Å². The first kappa shape index (κ1) is 36.6. The molecule has 0 radical (unpaired) electrons. The van der Waals surface area contributed by atoms with E-state index in [1.165, 1.54) is 45.6 Å². The summed E-state index contributed by atoms with van der Waals surface area (Å²) in [5.41, 5.74) is 0. The first-order valence-corrected chi connectivity index (χ1v) is 20.9. The largest absolute Gasteiger partial charge is 0.469 e. The average Bonchev–Trinajstić information content (AvgIpc) is 2.77. The maximum Gasteiger partial charge on any atom is 0.305 e. The molecule has 0 saturated carbocycles. The van der Waals surface area contributed by atoms with Crippen LogP contribution in [0.15, 0.2) is 12.2 Å². The lowest BCUT2D eigenvalue weighted by Crippen LogP contribution is -2.51. The van der Waals surface area contributed by atoms with E-state index in [4.69, 9.17) is 13.6 Å². The number of rotatable bonds is 19. The van der Waals surface area contributed by atoms with E-state index in [0.29, 0.717) is 6.42 Å². The Morgan fingerprint density at radius 3 is 1.76 bits per heavy atom. The van der Waals surface area contributed by atoms with Crippen molar-refractivity contribution < 1.29 is 18.4 Å². The fraction of sp³-hybridized carbons (Fsp3) is 0.903. The van der Waals surface area contributed by atoms with Gasteiger partial charge in [0, 0.05) is 6.42 Å². The third-order valence-electron chi connectivity index (χ3n) is 8.53. The summed E-state index contributed by atoms with van der Waals surface area (Å²) in [7, 11) is -2.39.